The molecule has 0 radical (unpaired) electrons. The Balaban J connectivity index is 1.93. The number of aromatic amines is 1. The number of aromatic nitrogens is 2. The quantitative estimate of drug-likeness (QED) is 0.531. The second-order valence-corrected chi connectivity index (χ2v) is 6.06. The second kappa shape index (κ2) is 6.83. The van der Waals surface area contributed by atoms with Crippen LogP contribution in [0.2, 0.25) is 0 Å². The van der Waals surface area contributed by atoms with Crippen LogP contribution in [-0.2, 0) is 9.59 Å². The van der Waals surface area contributed by atoms with Crippen molar-refractivity contribution in [3.05, 3.63) is 41.7 Å². The number of nitrogens with two attached hydrogens (primary N) is 1. The molecule has 5 N–H and O–H groups in total. The molecule has 1 atom stereocenters. The van der Waals surface area contributed by atoms with Crippen LogP contribution in [0.3, 0.4) is 0 Å². The summed E-state index contributed by atoms with van der Waals surface area (Å²) in [7, 11) is 0. The predicted molar refractivity (Wildman–Crippen MR) is 95.7 cm³/mol. The molecule has 8 nitrogen and oxygen atoms in total. The van der Waals surface area contributed by atoms with Gasteiger partial charge in [0, 0.05) is 22.7 Å². The molecule has 1 aromatic carbocycles. The monoisotopic (exact) mass is 354 g/mol. The van der Waals surface area contributed by atoms with Crippen LogP contribution in [0.25, 0.3) is 21.8 Å². The van der Waals surface area contributed by atoms with Gasteiger partial charge in [0.05, 0.1) is 11.2 Å². The topological polar surface area (TPSA) is 138 Å². The van der Waals surface area contributed by atoms with E-state index in [-0.39, 0.29) is 18.5 Å². The van der Waals surface area contributed by atoms with Crippen LogP contribution in [0.15, 0.2) is 30.3 Å². The Kier molecular flexibility index (Phi) is 4.57. The Labute approximate surface area is 148 Å². The molecule has 1 unspecified atom stereocenters. The SMILES string of the molecule is Cc1nc(C(=O)NC(CCC(N)=O)C(=O)O)cc2c1[nH]c1ccccc12. The molecule has 0 bridgehead atoms. The number of hydrogen-bond acceptors (Lipinski definition) is 4. The minimum atomic E-state index is -1.23. The predicted octanol–water partition coefficient (Wildman–Crippen LogP) is 1.47. The summed E-state index contributed by atoms with van der Waals surface area (Å²) in [6.45, 7) is 1.77. The lowest BCUT2D eigenvalue weighted by molar-refractivity contribution is -0.139. The van der Waals surface area contributed by atoms with Gasteiger partial charge < -0.3 is 21.1 Å². The molecule has 0 aliphatic carbocycles. The lowest BCUT2D eigenvalue weighted by Gasteiger charge is -2.13. The Bertz CT molecular complexity index is 1020. The number of nitrogens with zero attached hydrogens (tertiary/aromatic N) is 1. The Hall–Kier alpha value is -3.42. The third kappa shape index (κ3) is 3.34. The van der Waals surface area contributed by atoms with Crippen molar-refractivity contribution in [3.8, 4) is 0 Å². The van der Waals surface area contributed by atoms with Crippen LogP contribution in [-0.4, -0.2) is 38.9 Å². The summed E-state index contributed by atoms with van der Waals surface area (Å²) in [6, 6.07) is 8.08. The zero-order valence-corrected chi connectivity index (χ0v) is 14.1. The number of para-hydroxylation sites is 1. The number of pyridine rings is 1. The van der Waals surface area contributed by atoms with Crippen molar-refractivity contribution in [3.63, 3.8) is 0 Å². The number of carboxylic acid groups (broad SMARTS) is 1. The lowest BCUT2D eigenvalue weighted by atomic mass is 10.1. The Morgan fingerprint density at radius 1 is 1.27 bits per heavy atom. The maximum Gasteiger partial charge on any atom is 0.326 e. The molecular weight excluding hydrogens is 336 g/mol. The minimum Gasteiger partial charge on any atom is -0.480 e. The molecule has 0 aliphatic rings. The standard InChI is InChI=1S/C18H18N4O4/c1-9-16-11(10-4-2-3-5-12(10)21-16)8-14(20-9)17(24)22-13(18(25)26)6-7-15(19)23/h2-5,8,13,21H,6-7H2,1H3,(H2,19,23)(H,22,24)(H,25,26). The van der Waals surface area contributed by atoms with Crippen molar-refractivity contribution >= 4 is 39.6 Å². The zero-order chi connectivity index (χ0) is 18.8. The number of aliphatic carboxylic acids is 1. The van der Waals surface area contributed by atoms with Gasteiger partial charge in [-0.3, -0.25) is 9.59 Å². The highest BCUT2D eigenvalue weighted by Gasteiger charge is 2.22. The number of carbonyl (C=O) groups is 3. The van der Waals surface area contributed by atoms with E-state index in [2.05, 4.69) is 15.3 Å². The molecule has 8 heteroatoms. The minimum absolute atomic E-state index is 0.0787. The first-order chi connectivity index (χ1) is 12.4. The number of amides is 2. The van der Waals surface area contributed by atoms with Crippen molar-refractivity contribution in [1.82, 2.24) is 15.3 Å². The van der Waals surface area contributed by atoms with Gasteiger partial charge in [0.25, 0.3) is 5.91 Å². The van der Waals surface area contributed by atoms with E-state index in [1.54, 1.807) is 13.0 Å². The van der Waals surface area contributed by atoms with Crippen molar-refractivity contribution in [1.29, 1.82) is 0 Å². The van der Waals surface area contributed by atoms with E-state index in [1.807, 2.05) is 24.3 Å². The third-order valence-electron chi connectivity index (χ3n) is 4.19. The maximum atomic E-state index is 12.5. The van der Waals surface area contributed by atoms with E-state index < -0.39 is 23.8 Å². The fraction of sp³-hybridized carbons (Fsp3) is 0.222. The number of fused-ring (bicyclic) bond motifs is 3. The Morgan fingerprint density at radius 3 is 2.69 bits per heavy atom. The number of carboxylic acids is 1. The van der Waals surface area contributed by atoms with Crippen molar-refractivity contribution in [2.75, 3.05) is 0 Å². The number of rotatable bonds is 6. The van der Waals surface area contributed by atoms with Crippen molar-refractivity contribution in [2.24, 2.45) is 5.73 Å². The molecule has 134 valence electrons. The fourth-order valence-electron chi connectivity index (χ4n) is 2.90. The number of carbonyl (C=O) groups excluding carboxylic acids is 2. The van der Waals surface area contributed by atoms with Gasteiger partial charge in [-0.2, -0.15) is 0 Å². The average molecular weight is 354 g/mol. The smallest absolute Gasteiger partial charge is 0.326 e. The summed E-state index contributed by atoms with van der Waals surface area (Å²) in [5.74, 6) is -2.47. The Morgan fingerprint density at radius 2 is 2.00 bits per heavy atom. The molecule has 0 aliphatic heterocycles. The summed E-state index contributed by atoms with van der Waals surface area (Å²) in [4.78, 5) is 42.2. The van der Waals surface area contributed by atoms with Crippen LogP contribution in [0.5, 0.6) is 0 Å². The number of nitrogens with one attached hydrogen (secondary N) is 2. The molecule has 2 aromatic heterocycles. The van der Waals surface area contributed by atoms with Gasteiger partial charge in [-0.05, 0) is 25.5 Å². The van der Waals surface area contributed by atoms with Crippen LogP contribution in [0.1, 0.15) is 29.0 Å². The molecule has 0 spiro atoms. The van der Waals surface area contributed by atoms with E-state index in [0.717, 1.165) is 21.8 Å². The first-order valence-corrected chi connectivity index (χ1v) is 8.07. The summed E-state index contributed by atoms with van der Waals surface area (Å²) in [6.07, 6.45) is -0.212. The fourth-order valence-corrected chi connectivity index (χ4v) is 2.90. The molecule has 2 amide bonds. The van der Waals surface area contributed by atoms with Gasteiger partial charge in [-0.25, -0.2) is 9.78 Å². The molecule has 0 saturated carbocycles. The number of hydrogen-bond donors (Lipinski definition) is 4. The van der Waals surface area contributed by atoms with Gasteiger partial charge in [0.1, 0.15) is 11.7 Å². The maximum absolute atomic E-state index is 12.5. The first kappa shape index (κ1) is 17.4. The molecule has 26 heavy (non-hydrogen) atoms. The second-order valence-electron chi connectivity index (χ2n) is 6.06. The van der Waals surface area contributed by atoms with E-state index in [9.17, 15) is 19.5 Å². The number of benzene rings is 1. The number of H-pyrrole nitrogens is 1. The van der Waals surface area contributed by atoms with E-state index in [1.165, 1.54) is 0 Å². The van der Waals surface area contributed by atoms with Crippen LogP contribution in [0, 0.1) is 6.92 Å². The molecule has 3 rings (SSSR count). The van der Waals surface area contributed by atoms with Crippen LogP contribution in [0.4, 0.5) is 0 Å². The van der Waals surface area contributed by atoms with Crippen LogP contribution < -0.4 is 11.1 Å². The summed E-state index contributed by atoms with van der Waals surface area (Å²) in [5, 5.41) is 13.4. The third-order valence-corrected chi connectivity index (χ3v) is 4.19. The normalized spacial score (nSPS) is 12.2. The van der Waals surface area contributed by atoms with E-state index >= 15 is 0 Å². The zero-order valence-electron chi connectivity index (χ0n) is 14.1. The highest BCUT2D eigenvalue weighted by atomic mass is 16.4. The van der Waals surface area contributed by atoms with Crippen LogP contribution >= 0.6 is 0 Å². The summed E-state index contributed by atoms with van der Waals surface area (Å²) in [5.41, 5.74) is 7.54. The van der Waals surface area contributed by atoms with Crippen molar-refractivity contribution < 1.29 is 19.5 Å². The van der Waals surface area contributed by atoms with Gasteiger partial charge in [-0.1, -0.05) is 18.2 Å². The highest BCUT2D eigenvalue weighted by molar-refractivity contribution is 6.10. The van der Waals surface area contributed by atoms with Gasteiger partial charge in [0.2, 0.25) is 5.91 Å². The molecule has 0 saturated heterocycles. The van der Waals surface area contributed by atoms with Gasteiger partial charge in [0.15, 0.2) is 0 Å². The summed E-state index contributed by atoms with van der Waals surface area (Å²) >= 11 is 0. The molecule has 2 heterocycles. The number of aryl methyl sites for hydroxylation is 1. The largest absolute Gasteiger partial charge is 0.480 e. The first-order valence-electron chi connectivity index (χ1n) is 8.07. The van der Waals surface area contributed by atoms with Crippen molar-refractivity contribution in [2.45, 2.75) is 25.8 Å². The molecule has 3 aromatic rings. The van der Waals surface area contributed by atoms with Gasteiger partial charge >= 0.3 is 5.97 Å². The highest BCUT2D eigenvalue weighted by Crippen LogP contribution is 2.27. The lowest BCUT2D eigenvalue weighted by Crippen LogP contribution is -2.41. The van der Waals surface area contributed by atoms with E-state index in [0.29, 0.717) is 5.69 Å². The van der Waals surface area contributed by atoms with E-state index in [4.69, 9.17) is 5.73 Å². The summed E-state index contributed by atoms with van der Waals surface area (Å²) < 4.78 is 0. The molecule has 0 fully saturated rings. The molecular formula is C18H18N4O4. The number of primary amides is 1. The van der Waals surface area contributed by atoms with Gasteiger partial charge in [-0.15, -0.1) is 0 Å². The average Bonchev–Trinajstić information content (AvgIpc) is 2.97.